The van der Waals surface area contributed by atoms with Gasteiger partial charge in [0.15, 0.2) is 0 Å². The lowest BCUT2D eigenvalue weighted by Gasteiger charge is -2.14. The molecule has 0 aliphatic carbocycles. The number of ether oxygens (including phenoxy) is 2. The third-order valence-corrected chi connectivity index (χ3v) is 4.66. The van der Waals surface area contributed by atoms with E-state index in [1.807, 2.05) is 39.0 Å². The molecule has 0 spiro atoms. The lowest BCUT2D eigenvalue weighted by atomic mass is 10.0. The van der Waals surface area contributed by atoms with E-state index in [1.54, 1.807) is 18.2 Å². The summed E-state index contributed by atoms with van der Waals surface area (Å²) in [5.74, 6) is 0.304. The predicted molar refractivity (Wildman–Crippen MR) is 113 cm³/mol. The highest BCUT2D eigenvalue weighted by atomic mass is 35.5. The van der Waals surface area contributed by atoms with Gasteiger partial charge in [0.1, 0.15) is 17.9 Å². The summed E-state index contributed by atoms with van der Waals surface area (Å²) in [6, 6.07) is 12.4. The van der Waals surface area contributed by atoms with Crippen LogP contribution in [0.2, 0.25) is 5.02 Å². The molecule has 0 saturated heterocycles. The van der Waals surface area contributed by atoms with E-state index in [-0.39, 0.29) is 18.5 Å². The molecule has 0 bridgehead atoms. The minimum atomic E-state index is -0.410. The summed E-state index contributed by atoms with van der Waals surface area (Å²) in [6.45, 7) is 5.81. The predicted octanol–water partition coefficient (Wildman–Crippen LogP) is 5.22. The van der Waals surface area contributed by atoms with Crippen LogP contribution in [-0.4, -0.2) is 12.1 Å². The molecule has 1 aromatic heterocycles. The normalized spacial score (nSPS) is 11.1. The lowest BCUT2D eigenvalue weighted by molar-refractivity contribution is -0.147. The minimum absolute atomic E-state index is 0.156. The van der Waals surface area contributed by atoms with Gasteiger partial charge in [-0.15, -0.1) is 0 Å². The summed E-state index contributed by atoms with van der Waals surface area (Å²) >= 11 is 5.93. The first kappa shape index (κ1) is 20.9. The first-order valence-corrected chi connectivity index (χ1v) is 9.83. The van der Waals surface area contributed by atoms with Crippen molar-refractivity contribution in [3.63, 3.8) is 0 Å². The number of esters is 1. The van der Waals surface area contributed by atoms with Gasteiger partial charge < -0.3 is 13.9 Å². The molecule has 0 aliphatic rings. The molecule has 2 aromatic carbocycles. The van der Waals surface area contributed by atoms with Gasteiger partial charge in [-0.05, 0) is 62.1 Å². The van der Waals surface area contributed by atoms with Crippen LogP contribution in [0.1, 0.15) is 37.0 Å². The number of hydrogen-bond acceptors (Lipinski definition) is 5. The fourth-order valence-electron chi connectivity index (χ4n) is 3.02. The SMILES string of the molecule is Cc1cc(=O)oc2cc(OCc3ccc(Cl)cc3)c(CCC(=O)OC(C)C)cc12. The van der Waals surface area contributed by atoms with E-state index in [2.05, 4.69) is 0 Å². The molecule has 0 amide bonds. The molecule has 152 valence electrons. The number of rotatable bonds is 7. The van der Waals surface area contributed by atoms with Gasteiger partial charge in [-0.1, -0.05) is 23.7 Å². The van der Waals surface area contributed by atoms with Crippen molar-refractivity contribution in [2.75, 3.05) is 0 Å². The Bertz CT molecular complexity index is 1070. The molecular weight excluding hydrogens is 392 g/mol. The fourth-order valence-corrected chi connectivity index (χ4v) is 3.15. The van der Waals surface area contributed by atoms with Crippen molar-refractivity contribution in [3.8, 4) is 5.75 Å². The highest BCUT2D eigenvalue weighted by Gasteiger charge is 2.14. The van der Waals surface area contributed by atoms with Crippen molar-refractivity contribution in [2.45, 2.75) is 46.3 Å². The van der Waals surface area contributed by atoms with Crippen LogP contribution in [0.25, 0.3) is 11.0 Å². The highest BCUT2D eigenvalue weighted by molar-refractivity contribution is 6.30. The molecule has 3 aromatic rings. The van der Waals surface area contributed by atoms with Gasteiger partial charge in [-0.25, -0.2) is 4.79 Å². The summed E-state index contributed by atoms with van der Waals surface area (Å²) in [5.41, 5.74) is 2.66. The van der Waals surface area contributed by atoms with Crippen LogP contribution in [0.3, 0.4) is 0 Å². The van der Waals surface area contributed by atoms with Gasteiger partial charge in [0.25, 0.3) is 0 Å². The Hall–Kier alpha value is -2.79. The van der Waals surface area contributed by atoms with Crippen LogP contribution in [-0.2, 0) is 22.6 Å². The van der Waals surface area contributed by atoms with Gasteiger partial charge in [-0.3, -0.25) is 4.79 Å². The van der Waals surface area contributed by atoms with Crippen molar-refractivity contribution in [1.29, 1.82) is 0 Å². The quantitative estimate of drug-likeness (QED) is 0.391. The van der Waals surface area contributed by atoms with Gasteiger partial charge in [0.05, 0.1) is 6.10 Å². The van der Waals surface area contributed by atoms with E-state index in [0.29, 0.717) is 29.4 Å². The number of fused-ring (bicyclic) bond motifs is 1. The highest BCUT2D eigenvalue weighted by Crippen LogP contribution is 2.29. The van der Waals surface area contributed by atoms with Crippen molar-refractivity contribution >= 4 is 28.5 Å². The second kappa shape index (κ2) is 9.14. The summed E-state index contributed by atoms with van der Waals surface area (Å²) < 4.78 is 16.6. The van der Waals surface area contributed by atoms with Crippen molar-refractivity contribution in [1.82, 2.24) is 0 Å². The van der Waals surface area contributed by atoms with Crippen molar-refractivity contribution < 1.29 is 18.7 Å². The Kier molecular flexibility index (Phi) is 6.60. The Morgan fingerprint density at radius 1 is 1.14 bits per heavy atom. The van der Waals surface area contributed by atoms with E-state index in [0.717, 1.165) is 22.1 Å². The fraction of sp³-hybridized carbons (Fsp3) is 0.304. The Morgan fingerprint density at radius 2 is 1.86 bits per heavy atom. The summed E-state index contributed by atoms with van der Waals surface area (Å²) in [7, 11) is 0. The van der Waals surface area contributed by atoms with E-state index in [1.165, 1.54) is 6.07 Å². The maximum atomic E-state index is 12.0. The number of halogens is 1. The number of aryl methyl sites for hydroxylation is 2. The molecule has 0 unspecified atom stereocenters. The Balaban J connectivity index is 1.89. The standard InChI is InChI=1S/C23H23ClO5/c1-14(2)28-22(25)9-6-17-11-19-15(3)10-23(26)29-21(19)12-20(17)27-13-16-4-7-18(24)8-5-16/h4-5,7-8,10-12,14H,6,9,13H2,1-3H3. The van der Waals surface area contributed by atoms with Gasteiger partial charge >= 0.3 is 11.6 Å². The van der Waals surface area contributed by atoms with Gasteiger partial charge in [-0.2, -0.15) is 0 Å². The second-order valence-electron chi connectivity index (χ2n) is 7.16. The molecule has 0 N–H and O–H groups in total. The summed E-state index contributed by atoms with van der Waals surface area (Å²) in [5, 5.41) is 1.47. The molecule has 3 rings (SSSR count). The van der Waals surface area contributed by atoms with Crippen LogP contribution in [0.4, 0.5) is 0 Å². The maximum Gasteiger partial charge on any atom is 0.336 e. The average Bonchev–Trinajstić information content (AvgIpc) is 2.65. The van der Waals surface area contributed by atoms with Gasteiger partial charge in [0, 0.05) is 29.0 Å². The third-order valence-electron chi connectivity index (χ3n) is 4.41. The average molecular weight is 415 g/mol. The monoisotopic (exact) mass is 414 g/mol. The lowest BCUT2D eigenvalue weighted by Crippen LogP contribution is -2.12. The van der Waals surface area contributed by atoms with Crippen LogP contribution in [0.15, 0.2) is 51.7 Å². The van der Waals surface area contributed by atoms with Crippen LogP contribution >= 0.6 is 11.6 Å². The zero-order valence-corrected chi connectivity index (χ0v) is 17.4. The van der Waals surface area contributed by atoms with Crippen LogP contribution in [0, 0.1) is 6.92 Å². The topological polar surface area (TPSA) is 65.7 Å². The first-order chi connectivity index (χ1) is 13.8. The maximum absolute atomic E-state index is 12.0. The van der Waals surface area contributed by atoms with E-state index >= 15 is 0 Å². The van der Waals surface area contributed by atoms with E-state index in [4.69, 9.17) is 25.5 Å². The molecule has 0 atom stereocenters. The molecule has 1 heterocycles. The molecule has 0 aliphatic heterocycles. The minimum Gasteiger partial charge on any atom is -0.488 e. The number of carbonyl (C=O) groups is 1. The number of hydrogen-bond donors (Lipinski definition) is 0. The van der Waals surface area contributed by atoms with Gasteiger partial charge in [0.2, 0.25) is 0 Å². The second-order valence-corrected chi connectivity index (χ2v) is 7.59. The van der Waals surface area contributed by atoms with Crippen LogP contribution in [0.5, 0.6) is 5.75 Å². The van der Waals surface area contributed by atoms with Crippen LogP contribution < -0.4 is 10.4 Å². The molecule has 0 fully saturated rings. The molecule has 0 radical (unpaired) electrons. The van der Waals surface area contributed by atoms with E-state index < -0.39 is 5.63 Å². The molecule has 6 heteroatoms. The first-order valence-electron chi connectivity index (χ1n) is 9.46. The smallest absolute Gasteiger partial charge is 0.336 e. The summed E-state index contributed by atoms with van der Waals surface area (Å²) in [4.78, 5) is 23.7. The number of benzene rings is 2. The van der Waals surface area contributed by atoms with E-state index in [9.17, 15) is 9.59 Å². The molecule has 0 saturated carbocycles. The molecular formula is C23H23ClO5. The van der Waals surface area contributed by atoms with Crippen molar-refractivity contribution in [2.24, 2.45) is 0 Å². The Morgan fingerprint density at radius 3 is 2.55 bits per heavy atom. The zero-order valence-electron chi connectivity index (χ0n) is 16.7. The largest absolute Gasteiger partial charge is 0.488 e. The summed E-state index contributed by atoms with van der Waals surface area (Å²) in [6.07, 6.45) is 0.531. The molecule has 29 heavy (non-hydrogen) atoms. The van der Waals surface area contributed by atoms with Crippen molar-refractivity contribution in [3.05, 3.63) is 74.6 Å². The Labute approximate surface area is 174 Å². The molecule has 5 nitrogen and oxygen atoms in total. The zero-order chi connectivity index (χ0) is 21.0. The third kappa shape index (κ3) is 5.61. The number of carbonyl (C=O) groups excluding carboxylic acids is 1.